The van der Waals surface area contributed by atoms with Crippen molar-refractivity contribution >= 4 is 0 Å². The summed E-state index contributed by atoms with van der Waals surface area (Å²) < 4.78 is 6.11. The monoisotopic (exact) mass is 247 g/mol. The molecule has 1 aromatic rings. The summed E-state index contributed by atoms with van der Waals surface area (Å²) in [5.41, 5.74) is 1.25. The van der Waals surface area contributed by atoms with Gasteiger partial charge in [-0.1, -0.05) is 18.2 Å². The minimum absolute atomic E-state index is 0.132. The Kier molecular flexibility index (Phi) is 3.52. The Morgan fingerprint density at radius 3 is 2.61 bits per heavy atom. The van der Waals surface area contributed by atoms with Crippen molar-refractivity contribution in [3.05, 3.63) is 29.8 Å². The van der Waals surface area contributed by atoms with Crippen LogP contribution in [-0.2, 0) is 6.54 Å². The van der Waals surface area contributed by atoms with Crippen LogP contribution >= 0.6 is 0 Å². The van der Waals surface area contributed by atoms with Crippen LogP contribution in [0.25, 0.3) is 0 Å². The van der Waals surface area contributed by atoms with E-state index in [9.17, 15) is 5.11 Å². The number of nitrogens with zero attached hydrogens (tertiary/aromatic N) is 1. The van der Waals surface area contributed by atoms with E-state index in [-0.39, 0.29) is 6.10 Å². The van der Waals surface area contributed by atoms with Crippen LogP contribution in [0.5, 0.6) is 5.75 Å². The summed E-state index contributed by atoms with van der Waals surface area (Å²) in [6.45, 7) is 2.47. The number of aliphatic hydroxyl groups excluding tert-OH is 1. The van der Waals surface area contributed by atoms with Gasteiger partial charge in [0.15, 0.2) is 0 Å². The number of β-amino-alcohol motifs (C(OH)–C–C–N with tert-alkyl or cyclic N) is 1. The van der Waals surface area contributed by atoms with Crippen LogP contribution in [0, 0.1) is 0 Å². The third-order valence-electron chi connectivity index (χ3n) is 3.90. The second kappa shape index (κ2) is 5.29. The van der Waals surface area contributed by atoms with Crippen molar-refractivity contribution in [2.75, 3.05) is 13.1 Å². The zero-order chi connectivity index (χ0) is 12.4. The first-order valence-electron chi connectivity index (χ1n) is 6.96. The Bertz CT molecular complexity index is 395. The van der Waals surface area contributed by atoms with Gasteiger partial charge in [-0.3, -0.25) is 4.90 Å². The maximum atomic E-state index is 9.32. The highest BCUT2D eigenvalue weighted by Gasteiger charge is 2.25. The molecule has 18 heavy (non-hydrogen) atoms. The van der Waals surface area contributed by atoms with Crippen molar-refractivity contribution in [2.24, 2.45) is 0 Å². The van der Waals surface area contributed by atoms with Gasteiger partial charge in [-0.15, -0.1) is 0 Å². The van der Waals surface area contributed by atoms with E-state index < -0.39 is 0 Å². The molecule has 3 nitrogen and oxygen atoms in total. The van der Waals surface area contributed by atoms with Crippen LogP contribution in [0.15, 0.2) is 24.3 Å². The van der Waals surface area contributed by atoms with Crippen molar-refractivity contribution < 1.29 is 9.84 Å². The molecule has 1 aromatic carbocycles. The lowest BCUT2D eigenvalue weighted by atomic mass is 10.1. The Hall–Kier alpha value is -1.06. The Morgan fingerprint density at radius 1 is 1.17 bits per heavy atom. The highest BCUT2D eigenvalue weighted by atomic mass is 16.5. The summed E-state index contributed by atoms with van der Waals surface area (Å²) in [4.78, 5) is 2.25. The van der Waals surface area contributed by atoms with Crippen molar-refractivity contribution in [3.8, 4) is 5.75 Å². The molecule has 1 heterocycles. The fraction of sp³-hybridized carbons (Fsp3) is 0.600. The summed E-state index contributed by atoms with van der Waals surface area (Å²) >= 11 is 0. The van der Waals surface area contributed by atoms with E-state index in [0.29, 0.717) is 6.10 Å². The van der Waals surface area contributed by atoms with Crippen LogP contribution in [0.4, 0.5) is 0 Å². The predicted octanol–water partition coefficient (Wildman–Crippen LogP) is 2.18. The number of aliphatic hydroxyl groups is 1. The van der Waals surface area contributed by atoms with Gasteiger partial charge in [0.2, 0.25) is 0 Å². The van der Waals surface area contributed by atoms with Crippen LogP contribution in [-0.4, -0.2) is 35.3 Å². The molecule has 1 N–H and O–H groups in total. The Labute approximate surface area is 108 Å². The highest BCUT2D eigenvalue weighted by Crippen LogP contribution is 2.28. The lowest BCUT2D eigenvalue weighted by molar-refractivity contribution is -0.00348. The van der Waals surface area contributed by atoms with E-state index in [4.69, 9.17) is 4.74 Å². The number of para-hydroxylation sites is 1. The number of ether oxygens (including phenoxy) is 1. The topological polar surface area (TPSA) is 32.7 Å². The summed E-state index contributed by atoms with van der Waals surface area (Å²) in [5.74, 6) is 1.03. The van der Waals surface area contributed by atoms with E-state index in [1.54, 1.807) is 0 Å². The molecular weight excluding hydrogens is 226 g/mol. The van der Waals surface area contributed by atoms with Gasteiger partial charge in [-0.2, -0.15) is 0 Å². The summed E-state index contributed by atoms with van der Waals surface area (Å²) in [6.07, 6.45) is 5.25. The molecule has 0 spiro atoms. The first-order chi connectivity index (χ1) is 8.81. The van der Waals surface area contributed by atoms with E-state index in [1.165, 1.54) is 31.2 Å². The third-order valence-corrected chi connectivity index (χ3v) is 3.90. The molecule has 1 aliphatic heterocycles. The fourth-order valence-electron chi connectivity index (χ4n) is 2.85. The number of benzene rings is 1. The van der Waals surface area contributed by atoms with E-state index >= 15 is 0 Å². The molecule has 2 aliphatic rings. The predicted molar refractivity (Wildman–Crippen MR) is 70.6 cm³/mol. The number of hydrogen-bond acceptors (Lipinski definition) is 3. The number of hydrogen-bond donors (Lipinski definition) is 1. The molecule has 1 saturated heterocycles. The van der Waals surface area contributed by atoms with Gasteiger partial charge in [0.1, 0.15) is 5.75 Å². The van der Waals surface area contributed by atoms with Gasteiger partial charge in [-0.05, 0) is 31.7 Å². The van der Waals surface area contributed by atoms with Crippen molar-refractivity contribution in [3.63, 3.8) is 0 Å². The maximum absolute atomic E-state index is 9.32. The molecule has 1 saturated carbocycles. The largest absolute Gasteiger partial charge is 0.490 e. The van der Waals surface area contributed by atoms with Gasteiger partial charge in [0.25, 0.3) is 0 Å². The van der Waals surface area contributed by atoms with Crippen molar-refractivity contribution in [1.29, 1.82) is 0 Å². The highest BCUT2D eigenvalue weighted by molar-refractivity contribution is 5.33. The summed E-state index contributed by atoms with van der Waals surface area (Å²) in [5, 5.41) is 9.32. The molecule has 1 aliphatic carbocycles. The SMILES string of the molecule is OC1CN(Cc2ccccc2OC2CCCC2)C1. The number of likely N-dealkylation sites (tertiary alicyclic amines) is 1. The molecule has 2 fully saturated rings. The van der Waals surface area contributed by atoms with Gasteiger partial charge in [0, 0.05) is 25.2 Å². The van der Waals surface area contributed by atoms with Gasteiger partial charge in [0.05, 0.1) is 12.2 Å². The quantitative estimate of drug-likeness (QED) is 0.885. The Morgan fingerprint density at radius 2 is 1.89 bits per heavy atom. The lowest BCUT2D eigenvalue weighted by Crippen LogP contribution is -2.49. The minimum atomic E-state index is -0.132. The number of rotatable bonds is 4. The molecule has 3 rings (SSSR count). The summed E-state index contributed by atoms with van der Waals surface area (Å²) in [6, 6.07) is 8.31. The van der Waals surface area contributed by atoms with Crippen molar-refractivity contribution in [1.82, 2.24) is 4.90 Å². The molecule has 0 amide bonds. The zero-order valence-corrected chi connectivity index (χ0v) is 10.7. The zero-order valence-electron chi connectivity index (χ0n) is 10.7. The van der Waals surface area contributed by atoms with Crippen LogP contribution < -0.4 is 4.74 Å². The van der Waals surface area contributed by atoms with Crippen LogP contribution in [0.2, 0.25) is 0 Å². The second-order valence-corrected chi connectivity index (χ2v) is 5.48. The van der Waals surface area contributed by atoms with Crippen LogP contribution in [0.1, 0.15) is 31.2 Å². The molecule has 0 radical (unpaired) electrons. The first-order valence-corrected chi connectivity index (χ1v) is 6.96. The molecule has 0 aromatic heterocycles. The minimum Gasteiger partial charge on any atom is -0.490 e. The summed E-state index contributed by atoms with van der Waals surface area (Å²) in [7, 11) is 0. The van der Waals surface area contributed by atoms with Crippen molar-refractivity contribution in [2.45, 2.75) is 44.4 Å². The molecule has 0 atom stereocenters. The van der Waals surface area contributed by atoms with Gasteiger partial charge < -0.3 is 9.84 Å². The first kappa shape index (κ1) is 12.0. The van der Waals surface area contributed by atoms with E-state index in [1.807, 2.05) is 6.07 Å². The average molecular weight is 247 g/mol. The van der Waals surface area contributed by atoms with Crippen LogP contribution in [0.3, 0.4) is 0 Å². The fourth-order valence-corrected chi connectivity index (χ4v) is 2.85. The molecule has 0 bridgehead atoms. The standard InChI is InChI=1S/C15H21NO2/c17-13-10-16(11-13)9-12-5-1-4-8-15(12)18-14-6-2-3-7-14/h1,4-5,8,13-14,17H,2-3,6-7,9-11H2. The average Bonchev–Trinajstić information content (AvgIpc) is 2.82. The molecular formula is C15H21NO2. The Balaban J connectivity index is 1.64. The normalized spacial score (nSPS) is 22.1. The molecule has 3 heteroatoms. The third kappa shape index (κ3) is 2.68. The van der Waals surface area contributed by atoms with Gasteiger partial charge in [-0.25, -0.2) is 0 Å². The van der Waals surface area contributed by atoms with E-state index in [2.05, 4.69) is 23.1 Å². The smallest absolute Gasteiger partial charge is 0.124 e. The lowest BCUT2D eigenvalue weighted by Gasteiger charge is -2.36. The maximum Gasteiger partial charge on any atom is 0.124 e. The molecule has 98 valence electrons. The second-order valence-electron chi connectivity index (χ2n) is 5.48. The van der Waals surface area contributed by atoms with Gasteiger partial charge >= 0.3 is 0 Å². The molecule has 0 unspecified atom stereocenters. The van der Waals surface area contributed by atoms with E-state index in [0.717, 1.165) is 25.4 Å².